The zero-order valence-corrected chi connectivity index (χ0v) is 14.6. The number of rotatable bonds is 6. The maximum atomic E-state index is 12.7. The SMILES string of the molecule is O=C(NCCOc1ccc2c(c1)CCC2)c1ccc2nc(C(F)F)[nH]c2c1. The Morgan fingerprint density at radius 3 is 2.89 bits per heavy atom. The lowest BCUT2D eigenvalue weighted by Gasteiger charge is -2.09. The summed E-state index contributed by atoms with van der Waals surface area (Å²) in [6, 6.07) is 10.8. The highest BCUT2D eigenvalue weighted by molar-refractivity contribution is 5.97. The van der Waals surface area contributed by atoms with E-state index in [1.165, 1.54) is 23.6 Å². The summed E-state index contributed by atoms with van der Waals surface area (Å²) in [5.41, 5.74) is 3.92. The van der Waals surface area contributed by atoms with Gasteiger partial charge in [-0.25, -0.2) is 13.8 Å². The molecule has 27 heavy (non-hydrogen) atoms. The first kappa shape index (κ1) is 17.5. The molecule has 1 aromatic heterocycles. The molecule has 7 heteroatoms. The minimum Gasteiger partial charge on any atom is -0.492 e. The van der Waals surface area contributed by atoms with Crippen molar-refractivity contribution < 1.29 is 18.3 Å². The Hall–Kier alpha value is -2.96. The topological polar surface area (TPSA) is 67.0 Å². The van der Waals surface area contributed by atoms with E-state index in [-0.39, 0.29) is 5.91 Å². The number of fused-ring (bicyclic) bond motifs is 2. The molecule has 0 saturated heterocycles. The van der Waals surface area contributed by atoms with Crippen molar-refractivity contribution in [3.8, 4) is 5.75 Å². The van der Waals surface area contributed by atoms with Crippen LogP contribution in [0.25, 0.3) is 11.0 Å². The summed E-state index contributed by atoms with van der Waals surface area (Å²) in [6.07, 6.45) is 0.734. The van der Waals surface area contributed by atoms with Gasteiger partial charge in [-0.2, -0.15) is 0 Å². The van der Waals surface area contributed by atoms with Gasteiger partial charge in [-0.3, -0.25) is 4.79 Å². The molecule has 0 radical (unpaired) electrons. The van der Waals surface area contributed by atoms with Crippen LogP contribution in [-0.4, -0.2) is 29.0 Å². The first-order valence-corrected chi connectivity index (χ1v) is 8.91. The molecular weight excluding hydrogens is 352 g/mol. The second-order valence-corrected chi connectivity index (χ2v) is 6.54. The molecule has 0 unspecified atom stereocenters. The van der Waals surface area contributed by atoms with Crippen molar-refractivity contribution in [2.75, 3.05) is 13.2 Å². The highest BCUT2D eigenvalue weighted by Gasteiger charge is 2.14. The minimum atomic E-state index is -2.67. The molecule has 1 aliphatic carbocycles. The molecule has 3 aromatic rings. The maximum Gasteiger partial charge on any atom is 0.295 e. The van der Waals surface area contributed by atoms with E-state index >= 15 is 0 Å². The summed E-state index contributed by atoms with van der Waals surface area (Å²) in [5.74, 6) is 0.122. The summed E-state index contributed by atoms with van der Waals surface area (Å²) in [4.78, 5) is 18.6. The summed E-state index contributed by atoms with van der Waals surface area (Å²) < 4.78 is 31.1. The van der Waals surface area contributed by atoms with E-state index in [0.717, 1.165) is 18.6 Å². The van der Waals surface area contributed by atoms with Gasteiger partial charge >= 0.3 is 0 Å². The van der Waals surface area contributed by atoms with E-state index in [0.29, 0.717) is 29.7 Å². The third-order valence-corrected chi connectivity index (χ3v) is 4.70. The third-order valence-electron chi connectivity index (χ3n) is 4.70. The Morgan fingerprint density at radius 1 is 1.19 bits per heavy atom. The van der Waals surface area contributed by atoms with Crippen LogP contribution in [-0.2, 0) is 12.8 Å². The fourth-order valence-corrected chi connectivity index (χ4v) is 3.35. The number of alkyl halides is 2. The van der Waals surface area contributed by atoms with Gasteiger partial charge in [-0.1, -0.05) is 6.07 Å². The quantitative estimate of drug-likeness (QED) is 0.648. The molecule has 1 amide bonds. The highest BCUT2D eigenvalue weighted by atomic mass is 19.3. The molecule has 0 spiro atoms. The minimum absolute atomic E-state index is 0.289. The number of amides is 1. The van der Waals surface area contributed by atoms with Crippen molar-refractivity contribution in [2.45, 2.75) is 25.7 Å². The second kappa shape index (κ2) is 7.34. The van der Waals surface area contributed by atoms with Crippen molar-refractivity contribution in [2.24, 2.45) is 0 Å². The molecular formula is C20H19F2N3O2. The number of hydrogen-bond donors (Lipinski definition) is 2. The predicted octanol–water partition coefficient (Wildman–Crippen LogP) is 3.80. The van der Waals surface area contributed by atoms with Crippen LogP contribution in [0.4, 0.5) is 8.78 Å². The Bertz CT molecular complexity index is 985. The number of H-pyrrole nitrogens is 1. The van der Waals surface area contributed by atoms with Gasteiger partial charge in [-0.05, 0) is 60.7 Å². The average molecular weight is 371 g/mol. The van der Waals surface area contributed by atoms with Crippen LogP contribution in [0, 0.1) is 0 Å². The Balaban J connectivity index is 1.32. The molecule has 0 saturated carbocycles. The largest absolute Gasteiger partial charge is 0.492 e. The first-order valence-electron chi connectivity index (χ1n) is 8.91. The van der Waals surface area contributed by atoms with Gasteiger partial charge in [0.1, 0.15) is 12.4 Å². The maximum absolute atomic E-state index is 12.7. The van der Waals surface area contributed by atoms with E-state index in [4.69, 9.17) is 4.74 Å². The van der Waals surface area contributed by atoms with Gasteiger partial charge in [0, 0.05) is 5.56 Å². The summed E-state index contributed by atoms with van der Waals surface area (Å²) in [6.45, 7) is 0.700. The number of imidazole rings is 1. The molecule has 0 aliphatic heterocycles. The van der Waals surface area contributed by atoms with Crippen LogP contribution in [0.15, 0.2) is 36.4 Å². The van der Waals surface area contributed by atoms with E-state index in [1.807, 2.05) is 6.07 Å². The van der Waals surface area contributed by atoms with E-state index in [1.54, 1.807) is 12.1 Å². The number of nitrogens with one attached hydrogen (secondary N) is 2. The fourth-order valence-electron chi connectivity index (χ4n) is 3.35. The number of hydrogen-bond acceptors (Lipinski definition) is 3. The number of ether oxygens (including phenoxy) is 1. The van der Waals surface area contributed by atoms with Crippen LogP contribution in [0.3, 0.4) is 0 Å². The molecule has 0 atom stereocenters. The lowest BCUT2D eigenvalue weighted by atomic mass is 10.1. The molecule has 0 fully saturated rings. The van der Waals surface area contributed by atoms with Gasteiger partial charge < -0.3 is 15.0 Å². The van der Waals surface area contributed by atoms with Crippen LogP contribution in [0.2, 0.25) is 0 Å². The number of aryl methyl sites for hydroxylation is 2. The van der Waals surface area contributed by atoms with E-state index in [9.17, 15) is 13.6 Å². The van der Waals surface area contributed by atoms with Crippen molar-refractivity contribution in [3.63, 3.8) is 0 Å². The summed E-state index contributed by atoms with van der Waals surface area (Å²) in [5, 5.41) is 2.77. The smallest absolute Gasteiger partial charge is 0.295 e. The monoisotopic (exact) mass is 371 g/mol. The number of benzene rings is 2. The Kier molecular flexibility index (Phi) is 4.75. The first-order chi connectivity index (χ1) is 13.1. The number of halogens is 2. The number of aromatic amines is 1. The Morgan fingerprint density at radius 2 is 2.04 bits per heavy atom. The average Bonchev–Trinajstić information content (AvgIpc) is 3.30. The molecule has 2 aromatic carbocycles. The number of aromatic nitrogens is 2. The van der Waals surface area contributed by atoms with Crippen molar-refractivity contribution in [3.05, 3.63) is 58.9 Å². The molecule has 140 valence electrons. The number of carbonyl (C=O) groups is 1. The zero-order chi connectivity index (χ0) is 18.8. The third kappa shape index (κ3) is 3.77. The van der Waals surface area contributed by atoms with Crippen molar-refractivity contribution >= 4 is 16.9 Å². The van der Waals surface area contributed by atoms with Gasteiger partial charge in [0.15, 0.2) is 5.82 Å². The molecule has 1 heterocycles. The lowest BCUT2D eigenvalue weighted by molar-refractivity contribution is 0.0947. The standard InChI is InChI=1S/C20H19F2N3O2/c21-18(22)19-24-16-7-5-14(11-17(16)25-19)20(26)23-8-9-27-15-6-4-12-2-1-3-13(12)10-15/h4-7,10-11,18H,1-3,8-9H2,(H,23,26)(H,24,25). The predicted molar refractivity (Wildman–Crippen MR) is 97.3 cm³/mol. The van der Waals surface area contributed by atoms with E-state index < -0.39 is 12.2 Å². The zero-order valence-electron chi connectivity index (χ0n) is 14.6. The van der Waals surface area contributed by atoms with E-state index in [2.05, 4.69) is 27.4 Å². The Labute approximate surface area is 154 Å². The van der Waals surface area contributed by atoms with Crippen LogP contribution >= 0.6 is 0 Å². The highest BCUT2D eigenvalue weighted by Crippen LogP contribution is 2.26. The normalized spacial score (nSPS) is 13.1. The lowest BCUT2D eigenvalue weighted by Crippen LogP contribution is -2.28. The molecule has 2 N–H and O–H groups in total. The van der Waals surface area contributed by atoms with Crippen LogP contribution < -0.4 is 10.1 Å². The van der Waals surface area contributed by atoms with Crippen LogP contribution in [0.5, 0.6) is 5.75 Å². The molecule has 0 bridgehead atoms. The summed E-state index contributed by atoms with van der Waals surface area (Å²) in [7, 11) is 0. The van der Waals surface area contributed by atoms with Gasteiger partial charge in [-0.15, -0.1) is 0 Å². The van der Waals surface area contributed by atoms with Gasteiger partial charge in [0.25, 0.3) is 12.3 Å². The van der Waals surface area contributed by atoms with Gasteiger partial charge in [0.05, 0.1) is 17.6 Å². The molecule has 1 aliphatic rings. The summed E-state index contributed by atoms with van der Waals surface area (Å²) >= 11 is 0. The van der Waals surface area contributed by atoms with Crippen LogP contribution in [0.1, 0.15) is 40.2 Å². The fraction of sp³-hybridized carbons (Fsp3) is 0.300. The number of nitrogens with zero attached hydrogens (tertiary/aromatic N) is 1. The molecule has 5 nitrogen and oxygen atoms in total. The van der Waals surface area contributed by atoms with Crippen molar-refractivity contribution in [1.82, 2.24) is 15.3 Å². The molecule has 4 rings (SSSR count). The van der Waals surface area contributed by atoms with Crippen molar-refractivity contribution in [1.29, 1.82) is 0 Å². The van der Waals surface area contributed by atoms with Gasteiger partial charge in [0.2, 0.25) is 0 Å². The second-order valence-electron chi connectivity index (χ2n) is 6.54. The number of carbonyl (C=O) groups excluding carboxylic acids is 1.